The molecule has 2 aromatic rings. The summed E-state index contributed by atoms with van der Waals surface area (Å²) in [6.45, 7) is 10.4. The standard InChI is InChI=1S/C10H12N2O.C2H6/c1-10(2,3)8-7-4-5-13-9(7)12-6-11-8;1-2/h4-6H,1-3H3;1-2H3. The van der Waals surface area contributed by atoms with E-state index in [0.29, 0.717) is 5.71 Å². The molecule has 0 bridgehead atoms. The van der Waals surface area contributed by atoms with Crippen molar-refractivity contribution in [3.63, 3.8) is 0 Å². The zero-order chi connectivity index (χ0) is 11.5. The van der Waals surface area contributed by atoms with Crippen molar-refractivity contribution in [2.45, 2.75) is 40.0 Å². The molecule has 2 aromatic heterocycles. The van der Waals surface area contributed by atoms with Crippen LogP contribution in [0.5, 0.6) is 0 Å². The monoisotopic (exact) mass is 206 g/mol. The molecule has 0 aromatic carbocycles. The molecule has 82 valence electrons. The second kappa shape index (κ2) is 4.43. The Labute approximate surface area is 90.5 Å². The Balaban J connectivity index is 0.000000531. The van der Waals surface area contributed by atoms with Gasteiger partial charge in [-0.2, -0.15) is 0 Å². The highest BCUT2D eigenvalue weighted by Crippen LogP contribution is 2.26. The molecule has 0 atom stereocenters. The van der Waals surface area contributed by atoms with Gasteiger partial charge in [-0.05, 0) is 6.07 Å². The van der Waals surface area contributed by atoms with E-state index in [1.165, 1.54) is 0 Å². The van der Waals surface area contributed by atoms with E-state index in [1.807, 2.05) is 19.9 Å². The second-order valence-corrected chi connectivity index (χ2v) is 4.11. The first-order chi connectivity index (χ1) is 7.09. The third kappa shape index (κ3) is 2.35. The predicted octanol–water partition coefficient (Wildman–Crippen LogP) is 3.55. The van der Waals surface area contributed by atoms with E-state index in [2.05, 4.69) is 30.7 Å². The lowest BCUT2D eigenvalue weighted by molar-refractivity contribution is 0.568. The molecule has 0 saturated heterocycles. The molecule has 0 unspecified atom stereocenters. The SMILES string of the molecule is CC.CC(C)(C)c1ncnc2occc12. The van der Waals surface area contributed by atoms with E-state index in [0.717, 1.165) is 11.1 Å². The van der Waals surface area contributed by atoms with Crippen LogP contribution in [0.2, 0.25) is 0 Å². The van der Waals surface area contributed by atoms with Crippen molar-refractivity contribution in [2.24, 2.45) is 0 Å². The Bertz CT molecular complexity index is 426. The first-order valence-corrected chi connectivity index (χ1v) is 5.28. The Morgan fingerprint density at radius 3 is 2.40 bits per heavy atom. The maximum Gasteiger partial charge on any atom is 0.229 e. The Morgan fingerprint density at radius 1 is 1.13 bits per heavy atom. The fourth-order valence-electron chi connectivity index (χ4n) is 1.39. The van der Waals surface area contributed by atoms with Crippen molar-refractivity contribution in [2.75, 3.05) is 0 Å². The smallest absolute Gasteiger partial charge is 0.229 e. The van der Waals surface area contributed by atoms with E-state index < -0.39 is 0 Å². The minimum absolute atomic E-state index is 0.0328. The highest BCUT2D eigenvalue weighted by Gasteiger charge is 2.19. The van der Waals surface area contributed by atoms with Crippen molar-refractivity contribution >= 4 is 11.1 Å². The average molecular weight is 206 g/mol. The minimum atomic E-state index is 0.0328. The van der Waals surface area contributed by atoms with Crippen LogP contribution in [-0.2, 0) is 5.41 Å². The van der Waals surface area contributed by atoms with Crippen LogP contribution in [0.3, 0.4) is 0 Å². The van der Waals surface area contributed by atoms with Gasteiger partial charge in [0.25, 0.3) is 0 Å². The zero-order valence-electron chi connectivity index (χ0n) is 10.0. The largest absolute Gasteiger partial charge is 0.446 e. The van der Waals surface area contributed by atoms with Gasteiger partial charge in [0.2, 0.25) is 5.71 Å². The van der Waals surface area contributed by atoms with Crippen LogP contribution >= 0.6 is 0 Å². The lowest BCUT2D eigenvalue weighted by atomic mass is 9.90. The summed E-state index contributed by atoms with van der Waals surface area (Å²) in [6.07, 6.45) is 3.20. The van der Waals surface area contributed by atoms with Crippen LogP contribution < -0.4 is 0 Å². The first-order valence-electron chi connectivity index (χ1n) is 5.28. The van der Waals surface area contributed by atoms with Crippen LogP contribution in [0.15, 0.2) is 23.1 Å². The van der Waals surface area contributed by atoms with E-state index >= 15 is 0 Å². The summed E-state index contributed by atoms with van der Waals surface area (Å²) < 4.78 is 5.20. The number of fused-ring (bicyclic) bond motifs is 1. The van der Waals surface area contributed by atoms with Crippen molar-refractivity contribution in [1.82, 2.24) is 9.97 Å². The van der Waals surface area contributed by atoms with Gasteiger partial charge in [0, 0.05) is 5.41 Å². The summed E-state index contributed by atoms with van der Waals surface area (Å²) in [5.41, 5.74) is 1.73. The molecule has 0 spiro atoms. The predicted molar refractivity (Wildman–Crippen MR) is 61.9 cm³/mol. The van der Waals surface area contributed by atoms with Crippen molar-refractivity contribution < 1.29 is 4.42 Å². The third-order valence-electron chi connectivity index (χ3n) is 1.97. The molecule has 0 fully saturated rings. The summed E-state index contributed by atoms with van der Waals surface area (Å²) in [7, 11) is 0. The Morgan fingerprint density at radius 2 is 1.80 bits per heavy atom. The normalized spacial score (nSPS) is 11.0. The molecular formula is C12H18N2O. The summed E-state index contributed by atoms with van der Waals surface area (Å²) in [4.78, 5) is 8.32. The number of hydrogen-bond acceptors (Lipinski definition) is 3. The lowest BCUT2D eigenvalue weighted by Crippen LogP contribution is -2.13. The zero-order valence-corrected chi connectivity index (χ0v) is 10.0. The van der Waals surface area contributed by atoms with Gasteiger partial charge in [-0.3, -0.25) is 0 Å². The molecule has 0 amide bonds. The number of nitrogens with zero attached hydrogens (tertiary/aromatic N) is 2. The molecule has 0 aliphatic carbocycles. The van der Waals surface area contributed by atoms with Crippen LogP contribution in [0.4, 0.5) is 0 Å². The number of aromatic nitrogens is 2. The number of hydrogen-bond donors (Lipinski definition) is 0. The fourth-order valence-corrected chi connectivity index (χ4v) is 1.39. The van der Waals surface area contributed by atoms with Crippen LogP contribution in [-0.4, -0.2) is 9.97 Å². The molecule has 0 N–H and O–H groups in total. The van der Waals surface area contributed by atoms with Crippen LogP contribution in [0, 0.1) is 0 Å². The molecule has 0 aliphatic rings. The first kappa shape index (κ1) is 11.7. The van der Waals surface area contributed by atoms with E-state index in [9.17, 15) is 0 Å². The minimum Gasteiger partial charge on any atom is -0.446 e. The molecule has 15 heavy (non-hydrogen) atoms. The number of rotatable bonds is 0. The number of furan rings is 1. The summed E-state index contributed by atoms with van der Waals surface area (Å²) in [5.74, 6) is 0. The highest BCUT2D eigenvalue weighted by molar-refractivity contribution is 5.76. The van der Waals surface area contributed by atoms with Gasteiger partial charge in [-0.1, -0.05) is 34.6 Å². The Kier molecular flexibility index (Phi) is 3.45. The topological polar surface area (TPSA) is 38.9 Å². The molecule has 2 heterocycles. The molecule has 3 heteroatoms. The second-order valence-electron chi connectivity index (χ2n) is 4.11. The molecule has 2 rings (SSSR count). The molecule has 0 radical (unpaired) electrons. The maximum atomic E-state index is 5.20. The molecule has 0 aliphatic heterocycles. The molecular weight excluding hydrogens is 188 g/mol. The van der Waals surface area contributed by atoms with Gasteiger partial charge in [0.05, 0.1) is 17.3 Å². The van der Waals surface area contributed by atoms with Gasteiger partial charge in [-0.25, -0.2) is 9.97 Å². The van der Waals surface area contributed by atoms with E-state index in [1.54, 1.807) is 12.6 Å². The van der Waals surface area contributed by atoms with Gasteiger partial charge >= 0.3 is 0 Å². The van der Waals surface area contributed by atoms with Gasteiger partial charge in [0.15, 0.2) is 0 Å². The van der Waals surface area contributed by atoms with E-state index in [4.69, 9.17) is 4.42 Å². The van der Waals surface area contributed by atoms with Crippen LogP contribution in [0.1, 0.15) is 40.3 Å². The van der Waals surface area contributed by atoms with Crippen molar-refractivity contribution in [1.29, 1.82) is 0 Å². The molecule has 0 saturated carbocycles. The average Bonchev–Trinajstić information content (AvgIpc) is 2.66. The van der Waals surface area contributed by atoms with E-state index in [-0.39, 0.29) is 5.41 Å². The fraction of sp³-hybridized carbons (Fsp3) is 0.500. The third-order valence-corrected chi connectivity index (χ3v) is 1.97. The van der Waals surface area contributed by atoms with Crippen molar-refractivity contribution in [3.8, 4) is 0 Å². The molecule has 3 nitrogen and oxygen atoms in total. The van der Waals surface area contributed by atoms with Gasteiger partial charge in [0.1, 0.15) is 6.33 Å². The van der Waals surface area contributed by atoms with Crippen molar-refractivity contribution in [3.05, 3.63) is 24.4 Å². The van der Waals surface area contributed by atoms with Crippen LogP contribution in [0.25, 0.3) is 11.1 Å². The summed E-state index contributed by atoms with van der Waals surface area (Å²) in [5, 5.41) is 1.01. The Hall–Kier alpha value is -1.38. The van der Waals surface area contributed by atoms with Gasteiger partial charge < -0.3 is 4.42 Å². The lowest BCUT2D eigenvalue weighted by Gasteiger charge is -2.17. The quantitative estimate of drug-likeness (QED) is 0.661. The highest BCUT2D eigenvalue weighted by atomic mass is 16.3. The summed E-state index contributed by atoms with van der Waals surface area (Å²) >= 11 is 0. The maximum absolute atomic E-state index is 5.20. The van der Waals surface area contributed by atoms with Gasteiger partial charge in [-0.15, -0.1) is 0 Å². The summed E-state index contributed by atoms with van der Waals surface area (Å²) in [6, 6.07) is 1.91.